The van der Waals surface area contributed by atoms with E-state index in [9.17, 15) is 4.79 Å². The molecule has 2 atom stereocenters. The van der Waals surface area contributed by atoms with E-state index in [4.69, 9.17) is 0 Å². The van der Waals surface area contributed by atoms with Gasteiger partial charge < -0.3 is 15.5 Å². The third kappa shape index (κ3) is 3.51. The summed E-state index contributed by atoms with van der Waals surface area (Å²) in [5, 5.41) is 6.51. The van der Waals surface area contributed by atoms with Gasteiger partial charge in [-0.15, -0.1) is 0 Å². The fourth-order valence-electron chi connectivity index (χ4n) is 2.64. The summed E-state index contributed by atoms with van der Waals surface area (Å²) in [5.41, 5.74) is 2.21. The highest BCUT2D eigenvalue weighted by Gasteiger charge is 2.29. The van der Waals surface area contributed by atoms with E-state index in [2.05, 4.69) is 48.6 Å². The average molecular weight is 275 g/mol. The summed E-state index contributed by atoms with van der Waals surface area (Å²) in [6.07, 6.45) is 0.854. The van der Waals surface area contributed by atoms with Crippen LogP contribution in [0, 0.1) is 0 Å². The van der Waals surface area contributed by atoms with Crippen molar-refractivity contribution in [1.29, 1.82) is 0 Å². The van der Waals surface area contributed by atoms with Crippen LogP contribution >= 0.6 is 0 Å². The SMILES string of the molecule is CCN(C)CCNC(=O)C1CC(C)Nc2ccccc21. The lowest BCUT2D eigenvalue weighted by atomic mass is 9.87. The summed E-state index contributed by atoms with van der Waals surface area (Å²) in [5.74, 6) is 0.115. The van der Waals surface area contributed by atoms with Crippen LogP contribution in [0.15, 0.2) is 24.3 Å². The molecule has 0 saturated carbocycles. The molecule has 2 rings (SSSR count). The Morgan fingerprint density at radius 3 is 2.95 bits per heavy atom. The predicted octanol–water partition coefficient (Wildman–Crippen LogP) is 2.04. The zero-order valence-electron chi connectivity index (χ0n) is 12.6. The molecule has 2 N–H and O–H groups in total. The van der Waals surface area contributed by atoms with Crippen LogP contribution in [0.2, 0.25) is 0 Å². The second-order valence-corrected chi connectivity index (χ2v) is 5.61. The number of fused-ring (bicyclic) bond motifs is 1. The zero-order valence-corrected chi connectivity index (χ0v) is 12.6. The minimum Gasteiger partial charge on any atom is -0.382 e. The van der Waals surface area contributed by atoms with Crippen molar-refractivity contribution in [2.45, 2.75) is 32.2 Å². The molecule has 0 aliphatic carbocycles. The summed E-state index contributed by atoms with van der Waals surface area (Å²) >= 11 is 0. The molecule has 1 aromatic rings. The number of amides is 1. The molecular formula is C16H25N3O. The Morgan fingerprint density at radius 2 is 2.20 bits per heavy atom. The maximum Gasteiger partial charge on any atom is 0.227 e. The van der Waals surface area contributed by atoms with Crippen molar-refractivity contribution in [2.24, 2.45) is 0 Å². The van der Waals surface area contributed by atoms with Gasteiger partial charge in [-0.05, 0) is 38.6 Å². The van der Waals surface area contributed by atoms with Gasteiger partial charge in [0.15, 0.2) is 0 Å². The molecule has 2 unspecified atom stereocenters. The maximum atomic E-state index is 12.4. The van der Waals surface area contributed by atoms with E-state index in [-0.39, 0.29) is 11.8 Å². The molecule has 1 heterocycles. The van der Waals surface area contributed by atoms with Gasteiger partial charge in [0.1, 0.15) is 0 Å². The van der Waals surface area contributed by atoms with Crippen LogP contribution in [0.4, 0.5) is 5.69 Å². The first-order valence-corrected chi connectivity index (χ1v) is 7.43. The molecule has 0 aromatic heterocycles. The molecule has 0 fully saturated rings. The van der Waals surface area contributed by atoms with Crippen molar-refractivity contribution in [1.82, 2.24) is 10.2 Å². The van der Waals surface area contributed by atoms with Gasteiger partial charge in [0.25, 0.3) is 0 Å². The lowest BCUT2D eigenvalue weighted by Crippen LogP contribution is -2.39. The van der Waals surface area contributed by atoms with Gasteiger partial charge in [-0.2, -0.15) is 0 Å². The second kappa shape index (κ2) is 6.75. The number of rotatable bonds is 5. The van der Waals surface area contributed by atoms with E-state index in [1.807, 2.05) is 12.1 Å². The van der Waals surface area contributed by atoms with Gasteiger partial charge in [0.05, 0.1) is 5.92 Å². The Morgan fingerprint density at radius 1 is 1.45 bits per heavy atom. The number of carbonyl (C=O) groups is 1. The Labute approximate surface area is 121 Å². The van der Waals surface area contributed by atoms with Crippen molar-refractivity contribution in [3.05, 3.63) is 29.8 Å². The lowest BCUT2D eigenvalue weighted by molar-refractivity contribution is -0.122. The zero-order chi connectivity index (χ0) is 14.5. The number of benzene rings is 1. The second-order valence-electron chi connectivity index (χ2n) is 5.61. The van der Waals surface area contributed by atoms with Gasteiger partial charge in [0.2, 0.25) is 5.91 Å². The van der Waals surface area contributed by atoms with Gasteiger partial charge >= 0.3 is 0 Å². The molecule has 20 heavy (non-hydrogen) atoms. The number of nitrogens with zero attached hydrogens (tertiary/aromatic N) is 1. The molecule has 0 saturated heterocycles. The third-order valence-electron chi connectivity index (χ3n) is 3.98. The first-order valence-electron chi connectivity index (χ1n) is 7.43. The molecule has 1 aliphatic rings. The lowest BCUT2D eigenvalue weighted by Gasteiger charge is -2.30. The van der Waals surface area contributed by atoms with Crippen molar-refractivity contribution in [3.63, 3.8) is 0 Å². The number of likely N-dealkylation sites (N-methyl/N-ethyl adjacent to an activating group) is 1. The van der Waals surface area contributed by atoms with Crippen LogP contribution in [-0.4, -0.2) is 43.5 Å². The molecular weight excluding hydrogens is 250 g/mol. The summed E-state index contributed by atoms with van der Waals surface area (Å²) < 4.78 is 0. The quantitative estimate of drug-likeness (QED) is 0.864. The summed E-state index contributed by atoms with van der Waals surface area (Å²) in [4.78, 5) is 14.6. The first-order chi connectivity index (χ1) is 9.61. The van der Waals surface area contributed by atoms with Gasteiger partial charge in [-0.3, -0.25) is 4.79 Å². The standard InChI is InChI=1S/C16H25N3O/c1-4-19(3)10-9-17-16(20)14-11-12(2)18-15-8-6-5-7-13(14)15/h5-8,12,14,18H,4,9-11H2,1-3H3,(H,17,20). The monoisotopic (exact) mass is 275 g/mol. The topological polar surface area (TPSA) is 44.4 Å². The molecule has 1 aliphatic heterocycles. The molecule has 110 valence electrons. The molecule has 0 bridgehead atoms. The van der Waals surface area contributed by atoms with Gasteiger partial charge in [-0.1, -0.05) is 25.1 Å². The summed E-state index contributed by atoms with van der Waals surface area (Å²) in [6, 6.07) is 8.45. The number of hydrogen-bond donors (Lipinski definition) is 2. The van der Waals surface area contributed by atoms with Gasteiger partial charge in [-0.25, -0.2) is 0 Å². The third-order valence-corrected chi connectivity index (χ3v) is 3.98. The predicted molar refractivity (Wildman–Crippen MR) is 83.1 cm³/mol. The highest BCUT2D eigenvalue weighted by Crippen LogP contribution is 2.33. The van der Waals surface area contributed by atoms with E-state index in [1.54, 1.807) is 0 Å². The fraction of sp³-hybridized carbons (Fsp3) is 0.562. The molecule has 4 heteroatoms. The summed E-state index contributed by atoms with van der Waals surface area (Å²) in [6.45, 7) is 6.85. The average Bonchev–Trinajstić information content (AvgIpc) is 2.45. The highest BCUT2D eigenvalue weighted by atomic mass is 16.1. The number of nitrogens with one attached hydrogen (secondary N) is 2. The van der Waals surface area contributed by atoms with Crippen molar-refractivity contribution >= 4 is 11.6 Å². The maximum absolute atomic E-state index is 12.4. The minimum atomic E-state index is -0.0330. The molecule has 1 amide bonds. The van der Waals surface area contributed by atoms with Crippen LogP contribution in [0.3, 0.4) is 0 Å². The Balaban J connectivity index is 1.99. The van der Waals surface area contributed by atoms with E-state index in [1.165, 1.54) is 0 Å². The van der Waals surface area contributed by atoms with Crippen LogP contribution in [0.5, 0.6) is 0 Å². The highest BCUT2D eigenvalue weighted by molar-refractivity contribution is 5.86. The summed E-state index contributed by atoms with van der Waals surface area (Å²) in [7, 11) is 2.06. The number of hydrogen-bond acceptors (Lipinski definition) is 3. The Kier molecular flexibility index (Phi) is 5.01. The number of para-hydroxylation sites is 1. The largest absolute Gasteiger partial charge is 0.382 e. The minimum absolute atomic E-state index is 0.0330. The van der Waals surface area contributed by atoms with Crippen molar-refractivity contribution < 1.29 is 4.79 Å². The molecule has 0 radical (unpaired) electrons. The first kappa shape index (κ1) is 14.9. The Hall–Kier alpha value is -1.55. The molecule has 1 aromatic carbocycles. The van der Waals surface area contributed by atoms with Crippen LogP contribution in [-0.2, 0) is 4.79 Å². The van der Waals surface area contributed by atoms with Crippen LogP contribution in [0.25, 0.3) is 0 Å². The van der Waals surface area contributed by atoms with Gasteiger partial charge in [0, 0.05) is 24.8 Å². The van der Waals surface area contributed by atoms with Crippen LogP contribution < -0.4 is 10.6 Å². The van der Waals surface area contributed by atoms with Crippen molar-refractivity contribution in [2.75, 3.05) is 32.0 Å². The van der Waals surface area contributed by atoms with E-state index >= 15 is 0 Å². The smallest absolute Gasteiger partial charge is 0.227 e. The molecule has 0 spiro atoms. The van der Waals surface area contributed by atoms with E-state index in [0.29, 0.717) is 12.6 Å². The fourth-order valence-corrected chi connectivity index (χ4v) is 2.64. The normalized spacial score (nSPS) is 21.2. The van der Waals surface area contributed by atoms with E-state index < -0.39 is 0 Å². The van der Waals surface area contributed by atoms with E-state index in [0.717, 1.165) is 30.8 Å². The molecule has 4 nitrogen and oxygen atoms in total. The Bertz CT molecular complexity index is 461. The van der Waals surface area contributed by atoms with Crippen LogP contribution in [0.1, 0.15) is 31.7 Å². The number of anilines is 1. The number of carbonyl (C=O) groups excluding carboxylic acids is 1. The van der Waals surface area contributed by atoms with Crippen molar-refractivity contribution in [3.8, 4) is 0 Å².